The van der Waals surface area contributed by atoms with Gasteiger partial charge in [0.15, 0.2) is 5.75 Å². The highest BCUT2D eigenvalue weighted by atomic mass is 32.2. The summed E-state index contributed by atoms with van der Waals surface area (Å²) in [6.07, 6.45) is 3.18. The third-order valence-electron chi connectivity index (χ3n) is 8.03. The maximum atomic E-state index is 13.4. The van der Waals surface area contributed by atoms with Gasteiger partial charge in [-0.15, -0.1) is 0 Å². The molecule has 13 heteroatoms. The molecular weight excluding hydrogens is 685 g/mol. The van der Waals surface area contributed by atoms with Crippen molar-refractivity contribution in [2.75, 3.05) is 47.3 Å². The van der Waals surface area contributed by atoms with E-state index in [9.17, 15) is 13.6 Å². The molecule has 0 fully saturated rings. The van der Waals surface area contributed by atoms with Crippen LogP contribution >= 0.6 is 7.37 Å². The van der Waals surface area contributed by atoms with E-state index in [0.717, 1.165) is 27.6 Å². The smallest absolute Gasteiger partial charge is 0.323 e. The van der Waals surface area contributed by atoms with Gasteiger partial charge in [-0.3, -0.25) is 4.57 Å². The summed E-state index contributed by atoms with van der Waals surface area (Å²) < 4.78 is 45.4. The van der Waals surface area contributed by atoms with Crippen molar-refractivity contribution < 1.29 is 27.6 Å². The molecule has 5 aromatic rings. The van der Waals surface area contributed by atoms with Crippen LogP contribution in [0.5, 0.6) is 17.2 Å². The van der Waals surface area contributed by atoms with Crippen LogP contribution in [0, 0.1) is 6.92 Å². The van der Waals surface area contributed by atoms with Gasteiger partial charge in [-0.2, -0.15) is 0 Å². The van der Waals surface area contributed by atoms with E-state index >= 15 is 0 Å². The Morgan fingerprint density at radius 1 is 0.922 bits per heavy atom. The lowest BCUT2D eigenvalue weighted by Crippen LogP contribution is -2.21. The van der Waals surface area contributed by atoms with E-state index in [1.54, 1.807) is 37.1 Å². The van der Waals surface area contributed by atoms with Gasteiger partial charge in [0.05, 0.1) is 30.8 Å². The Morgan fingerprint density at radius 3 is 2.29 bits per heavy atom. The number of amides is 2. The first-order valence-corrected chi connectivity index (χ1v) is 20.0. The lowest BCUT2D eigenvalue weighted by atomic mass is 9.86. The molecule has 51 heavy (non-hydrogen) atoms. The summed E-state index contributed by atoms with van der Waals surface area (Å²) in [5.41, 5.74) is 3.84. The minimum absolute atomic E-state index is 0.251. The van der Waals surface area contributed by atoms with Gasteiger partial charge in [-0.05, 0) is 78.9 Å². The Hall–Kier alpha value is -4.90. The first-order valence-electron chi connectivity index (χ1n) is 16.3. The van der Waals surface area contributed by atoms with Gasteiger partial charge in [0.25, 0.3) is 0 Å². The highest BCUT2D eigenvalue weighted by Gasteiger charge is 2.23. The summed E-state index contributed by atoms with van der Waals surface area (Å²) in [7, 11) is -2.76. The zero-order valence-corrected chi connectivity index (χ0v) is 31.8. The van der Waals surface area contributed by atoms with Crippen molar-refractivity contribution in [2.45, 2.75) is 40.0 Å². The number of carbonyl (C=O) groups excluding carboxylic acids is 1. The summed E-state index contributed by atoms with van der Waals surface area (Å²) in [6.45, 7) is 11.9. The van der Waals surface area contributed by atoms with Crippen molar-refractivity contribution in [1.82, 2.24) is 4.98 Å². The van der Waals surface area contributed by atoms with Crippen molar-refractivity contribution in [1.29, 1.82) is 0 Å². The van der Waals surface area contributed by atoms with Gasteiger partial charge in [-0.1, -0.05) is 45.0 Å². The number of anilines is 5. The summed E-state index contributed by atoms with van der Waals surface area (Å²) in [5, 5.41) is 11.4. The molecule has 0 spiro atoms. The summed E-state index contributed by atoms with van der Waals surface area (Å²) in [6, 6.07) is 23.6. The average Bonchev–Trinajstić information content (AvgIpc) is 3.05. The zero-order valence-electron chi connectivity index (χ0n) is 30.0. The molecule has 2 amide bonds. The molecule has 5 rings (SSSR count). The van der Waals surface area contributed by atoms with Crippen LogP contribution in [0.25, 0.3) is 10.8 Å². The molecule has 2 unspecified atom stereocenters. The Balaban J connectivity index is 1.36. The number of aromatic nitrogens is 1. The molecule has 0 aliphatic heterocycles. The van der Waals surface area contributed by atoms with Crippen LogP contribution in [-0.2, 0) is 25.5 Å². The van der Waals surface area contributed by atoms with Gasteiger partial charge in [0, 0.05) is 46.9 Å². The number of nitrogens with one attached hydrogen (secondary N) is 4. The van der Waals surface area contributed by atoms with E-state index in [4.69, 9.17) is 14.0 Å². The number of hydrogen-bond donors (Lipinski definition) is 4. The molecule has 11 nitrogen and oxygen atoms in total. The molecule has 1 aromatic heterocycles. The monoisotopic (exact) mass is 729 g/mol. The second-order valence-corrected chi connectivity index (χ2v) is 16.6. The molecule has 0 aliphatic carbocycles. The quantitative estimate of drug-likeness (QED) is 0.0932. The first-order chi connectivity index (χ1) is 24.2. The largest absolute Gasteiger partial charge is 0.492 e. The highest BCUT2D eigenvalue weighted by molar-refractivity contribution is 7.85. The van der Waals surface area contributed by atoms with Crippen molar-refractivity contribution in [2.24, 2.45) is 0 Å². The SMILES string of the molecule is CCOP(C)(=O)c1ccc(Nc2cc(Oc3ccc(NC(=O)Nc4cc(C(C)(C)C)cc(NS(C)=O)c4OC)c4ccccc34)ccn2)cc1C. The number of fused-ring (bicyclic) bond motifs is 1. The third kappa shape index (κ3) is 9.07. The topological polar surface area (TPSA) is 140 Å². The number of hydrogen-bond acceptors (Lipinski definition) is 8. The van der Waals surface area contributed by atoms with Crippen LogP contribution in [0.3, 0.4) is 0 Å². The lowest BCUT2D eigenvalue weighted by molar-refractivity contribution is 0.262. The Labute approximate surface area is 301 Å². The third-order valence-corrected chi connectivity index (χ3v) is 10.7. The molecule has 0 radical (unpaired) electrons. The number of carbonyl (C=O) groups is 1. The maximum absolute atomic E-state index is 13.4. The number of aryl methyl sites for hydroxylation is 1. The number of pyridine rings is 1. The zero-order chi connectivity index (χ0) is 36.9. The van der Waals surface area contributed by atoms with E-state index in [0.29, 0.717) is 52.0 Å². The fraction of sp³-hybridized carbons (Fsp3) is 0.263. The molecule has 4 N–H and O–H groups in total. The van der Waals surface area contributed by atoms with E-state index in [-0.39, 0.29) is 5.41 Å². The molecule has 0 aliphatic rings. The maximum Gasteiger partial charge on any atom is 0.323 e. The normalized spacial score (nSPS) is 13.2. The van der Waals surface area contributed by atoms with Crippen molar-refractivity contribution in [3.8, 4) is 17.2 Å². The molecule has 0 saturated carbocycles. The fourth-order valence-electron chi connectivity index (χ4n) is 5.67. The van der Waals surface area contributed by atoms with E-state index in [2.05, 4.69) is 46.4 Å². The first kappa shape index (κ1) is 37.4. The highest BCUT2D eigenvalue weighted by Crippen LogP contribution is 2.43. The van der Waals surface area contributed by atoms with Crippen molar-refractivity contribution in [3.05, 3.63) is 96.2 Å². The van der Waals surface area contributed by atoms with Crippen LogP contribution in [0.15, 0.2) is 85.1 Å². The molecule has 2 atom stereocenters. The van der Waals surface area contributed by atoms with Crippen LogP contribution in [0.1, 0.15) is 38.8 Å². The Kier molecular flexibility index (Phi) is 11.4. The van der Waals surface area contributed by atoms with Gasteiger partial charge in [0.1, 0.15) is 28.3 Å². The second-order valence-electron chi connectivity index (χ2n) is 13.0. The predicted molar refractivity (Wildman–Crippen MR) is 210 cm³/mol. The van der Waals surface area contributed by atoms with Crippen molar-refractivity contribution >= 4 is 69.0 Å². The second kappa shape index (κ2) is 15.6. The molecular formula is C38H44N5O6PS. The van der Waals surface area contributed by atoms with Crippen LogP contribution in [0.2, 0.25) is 0 Å². The molecule has 1 heterocycles. The fourth-order valence-corrected chi connectivity index (χ4v) is 7.82. The number of nitrogens with zero attached hydrogens (tertiary/aromatic N) is 1. The molecule has 0 bridgehead atoms. The van der Waals surface area contributed by atoms with Gasteiger partial charge in [0.2, 0.25) is 7.37 Å². The minimum Gasteiger partial charge on any atom is -0.492 e. The van der Waals surface area contributed by atoms with Gasteiger partial charge < -0.3 is 34.7 Å². The average molecular weight is 730 g/mol. The predicted octanol–water partition coefficient (Wildman–Crippen LogP) is 9.30. The Bertz CT molecular complexity index is 2150. The molecule has 268 valence electrons. The minimum atomic E-state index is -2.90. The van der Waals surface area contributed by atoms with Crippen molar-refractivity contribution in [3.63, 3.8) is 0 Å². The van der Waals surface area contributed by atoms with Gasteiger partial charge >= 0.3 is 6.03 Å². The number of benzene rings is 4. The number of urea groups is 1. The number of ether oxygens (including phenoxy) is 2. The summed E-state index contributed by atoms with van der Waals surface area (Å²) in [4.78, 5) is 17.9. The number of rotatable bonds is 12. The summed E-state index contributed by atoms with van der Waals surface area (Å²) in [5.74, 6) is 2.08. The Morgan fingerprint density at radius 2 is 1.63 bits per heavy atom. The van der Waals surface area contributed by atoms with E-state index in [1.807, 2.05) is 68.4 Å². The molecule has 4 aromatic carbocycles. The molecule has 0 saturated heterocycles. The van der Waals surface area contributed by atoms with E-state index in [1.165, 1.54) is 13.4 Å². The standard InChI is InChI=1S/C38H44N5O6PS/c1-9-48-50(7,45)34-17-14-26(20-24(34)2)40-35-23-27(18-19-39-35)49-33-16-15-30(28-12-10-11-13-29(28)33)41-37(44)42-31-21-25(38(3,4)5)22-32(36(31)47-6)43-51(8)46/h10-23,43H,9H2,1-8H3,(H,39,40)(H2,41,42,44). The lowest BCUT2D eigenvalue weighted by Gasteiger charge is -2.24. The van der Waals surface area contributed by atoms with Gasteiger partial charge in [-0.25, -0.2) is 14.0 Å². The summed E-state index contributed by atoms with van der Waals surface area (Å²) >= 11 is 0. The van der Waals surface area contributed by atoms with Crippen LogP contribution in [-0.4, -0.2) is 41.9 Å². The van der Waals surface area contributed by atoms with Crippen LogP contribution in [0.4, 0.5) is 33.4 Å². The van der Waals surface area contributed by atoms with E-state index < -0.39 is 24.4 Å². The number of methoxy groups -OCH3 is 1. The van der Waals surface area contributed by atoms with Crippen LogP contribution < -0.4 is 35.5 Å².